The molecule has 0 amide bonds. The number of piperazine rings is 1. The molecule has 37 heavy (non-hydrogen) atoms. The summed E-state index contributed by atoms with van der Waals surface area (Å²) >= 11 is 0. The van der Waals surface area contributed by atoms with E-state index < -0.39 is 17.4 Å². The van der Waals surface area contributed by atoms with Crippen LogP contribution in [0, 0.1) is 6.92 Å². The molecule has 3 heterocycles. The molecule has 5 rings (SSSR count). The Bertz CT molecular complexity index is 1520. The molecule has 2 aromatic heterocycles. The summed E-state index contributed by atoms with van der Waals surface area (Å²) in [6.07, 6.45) is -0.899. The fraction of sp³-hybridized carbons (Fsp3) is 0.370. The van der Waals surface area contributed by atoms with Crippen LogP contribution in [0.4, 0.5) is 11.6 Å². The molecular formula is C27H32N6O4. The number of hydrogen-bond donors (Lipinski definition) is 1. The summed E-state index contributed by atoms with van der Waals surface area (Å²) in [7, 11) is 3.06. The van der Waals surface area contributed by atoms with Crippen LogP contribution in [0.3, 0.4) is 0 Å². The van der Waals surface area contributed by atoms with Crippen LogP contribution >= 0.6 is 0 Å². The topological polar surface area (TPSA) is 97.8 Å². The van der Waals surface area contributed by atoms with Gasteiger partial charge in [0, 0.05) is 46.0 Å². The molecular weight excluding hydrogens is 472 g/mol. The Morgan fingerprint density at radius 1 is 0.946 bits per heavy atom. The zero-order valence-electron chi connectivity index (χ0n) is 21.4. The molecule has 0 unspecified atom stereocenters. The third-order valence-electron chi connectivity index (χ3n) is 6.84. The van der Waals surface area contributed by atoms with Crippen LogP contribution in [-0.2, 0) is 20.6 Å². The second-order valence-corrected chi connectivity index (χ2v) is 9.49. The van der Waals surface area contributed by atoms with Gasteiger partial charge in [-0.2, -0.15) is 4.98 Å². The van der Waals surface area contributed by atoms with E-state index >= 15 is 0 Å². The summed E-state index contributed by atoms with van der Waals surface area (Å²) < 4.78 is 10.0. The van der Waals surface area contributed by atoms with Crippen LogP contribution in [0.2, 0.25) is 0 Å². The number of anilines is 2. The second kappa shape index (κ2) is 10.1. The minimum atomic E-state index is -0.899. The van der Waals surface area contributed by atoms with Crippen molar-refractivity contribution in [3.63, 3.8) is 0 Å². The molecule has 10 nitrogen and oxygen atoms in total. The van der Waals surface area contributed by atoms with Gasteiger partial charge in [-0.05, 0) is 36.8 Å². The molecule has 1 saturated heterocycles. The number of aliphatic hydroxyl groups is 1. The maximum absolute atomic E-state index is 13.2. The lowest BCUT2D eigenvalue weighted by atomic mass is 10.2. The lowest BCUT2D eigenvalue weighted by Crippen LogP contribution is -2.47. The molecule has 0 spiro atoms. The van der Waals surface area contributed by atoms with Gasteiger partial charge in [0.05, 0.1) is 6.54 Å². The van der Waals surface area contributed by atoms with E-state index in [0.29, 0.717) is 36.0 Å². The number of benzene rings is 2. The Morgan fingerprint density at radius 3 is 2.35 bits per heavy atom. The number of imidazole rings is 1. The van der Waals surface area contributed by atoms with Crippen molar-refractivity contribution >= 4 is 22.8 Å². The molecule has 1 fully saturated rings. The van der Waals surface area contributed by atoms with Gasteiger partial charge in [-0.15, -0.1) is 0 Å². The number of aliphatic hydroxyl groups excluding tert-OH is 1. The number of fused-ring (bicyclic) bond motifs is 1. The zero-order valence-corrected chi connectivity index (χ0v) is 21.4. The smallest absolute Gasteiger partial charge is 0.332 e. The Balaban J connectivity index is 1.45. The third-order valence-corrected chi connectivity index (χ3v) is 6.84. The Hall–Kier alpha value is -4.05. The molecule has 1 N–H and O–H groups in total. The van der Waals surface area contributed by atoms with Crippen LogP contribution in [0.15, 0.2) is 64.2 Å². The van der Waals surface area contributed by atoms with Gasteiger partial charge in [-0.1, -0.05) is 30.3 Å². The first-order valence-corrected chi connectivity index (χ1v) is 12.4. The maximum atomic E-state index is 13.2. The van der Waals surface area contributed by atoms with Gasteiger partial charge < -0.3 is 24.2 Å². The van der Waals surface area contributed by atoms with E-state index in [1.54, 1.807) is 11.6 Å². The van der Waals surface area contributed by atoms with Crippen molar-refractivity contribution in [2.24, 2.45) is 14.1 Å². The number of aryl methyl sites for hydroxylation is 2. The van der Waals surface area contributed by atoms with E-state index in [2.05, 4.69) is 21.9 Å². The quantitative estimate of drug-likeness (QED) is 0.407. The number of para-hydroxylation sites is 1. The lowest BCUT2D eigenvalue weighted by molar-refractivity contribution is 0.0936. The predicted molar refractivity (Wildman–Crippen MR) is 144 cm³/mol. The summed E-state index contributed by atoms with van der Waals surface area (Å²) in [5.41, 5.74) is 1.95. The average Bonchev–Trinajstić information content (AvgIpc) is 3.29. The molecule has 194 valence electrons. The van der Waals surface area contributed by atoms with Gasteiger partial charge in [-0.25, -0.2) is 4.79 Å². The van der Waals surface area contributed by atoms with E-state index in [4.69, 9.17) is 9.72 Å². The predicted octanol–water partition coefficient (Wildman–Crippen LogP) is 1.51. The Morgan fingerprint density at radius 2 is 1.65 bits per heavy atom. The van der Waals surface area contributed by atoms with Crippen LogP contribution in [-0.4, -0.2) is 62.7 Å². The first-order chi connectivity index (χ1) is 17.8. The van der Waals surface area contributed by atoms with Crippen molar-refractivity contribution < 1.29 is 9.84 Å². The number of hydrogen-bond acceptors (Lipinski definition) is 7. The monoisotopic (exact) mass is 504 g/mol. The van der Waals surface area contributed by atoms with Crippen LogP contribution in [0.5, 0.6) is 5.75 Å². The minimum Gasteiger partial charge on any atom is -0.491 e. The molecule has 10 heteroatoms. The highest BCUT2D eigenvalue weighted by atomic mass is 16.5. The summed E-state index contributed by atoms with van der Waals surface area (Å²) in [6, 6.07) is 17.9. The van der Waals surface area contributed by atoms with E-state index in [9.17, 15) is 14.7 Å². The van der Waals surface area contributed by atoms with Crippen molar-refractivity contribution in [2.45, 2.75) is 19.6 Å². The van der Waals surface area contributed by atoms with Crippen molar-refractivity contribution in [1.29, 1.82) is 0 Å². The molecule has 0 aliphatic carbocycles. The lowest BCUT2D eigenvalue weighted by Gasteiger charge is -2.36. The normalized spacial score (nSPS) is 14.8. The zero-order chi connectivity index (χ0) is 26.1. The first kappa shape index (κ1) is 24.6. The van der Waals surface area contributed by atoms with Crippen molar-refractivity contribution in [3.8, 4) is 5.75 Å². The first-order valence-electron chi connectivity index (χ1n) is 12.4. The fourth-order valence-electron chi connectivity index (χ4n) is 4.81. The van der Waals surface area contributed by atoms with E-state index in [1.165, 1.54) is 11.6 Å². The van der Waals surface area contributed by atoms with Crippen molar-refractivity contribution in [2.75, 3.05) is 42.6 Å². The summed E-state index contributed by atoms with van der Waals surface area (Å²) in [5, 5.41) is 10.9. The number of nitrogens with zero attached hydrogens (tertiary/aromatic N) is 6. The highest BCUT2D eigenvalue weighted by Gasteiger charge is 2.27. The molecule has 0 saturated carbocycles. The second-order valence-electron chi connectivity index (χ2n) is 9.49. The minimum absolute atomic E-state index is 0.0520. The summed E-state index contributed by atoms with van der Waals surface area (Å²) in [6.45, 7) is 5.06. The van der Waals surface area contributed by atoms with Gasteiger partial charge in [0.1, 0.15) is 18.5 Å². The molecule has 1 aliphatic heterocycles. The maximum Gasteiger partial charge on any atom is 0.332 e. The number of aromatic nitrogens is 4. The molecule has 1 aliphatic rings. The van der Waals surface area contributed by atoms with E-state index in [1.807, 2.05) is 49.4 Å². The molecule has 2 aromatic carbocycles. The van der Waals surface area contributed by atoms with Crippen molar-refractivity contribution in [3.05, 3.63) is 81.0 Å². The third kappa shape index (κ3) is 4.84. The summed E-state index contributed by atoms with van der Waals surface area (Å²) in [4.78, 5) is 35.0. The SMILES string of the molecule is Cc1cccc(OC[C@H](O)Cn2c(N3CCN(c4ccccc4)CC3)nc3c2c(=O)n(C)c(=O)n3C)c1. The molecule has 0 radical (unpaired) electrons. The number of rotatable bonds is 7. The average molecular weight is 505 g/mol. The highest BCUT2D eigenvalue weighted by Crippen LogP contribution is 2.24. The standard InChI is InChI=1S/C27H32N6O4/c1-19-8-7-11-22(16-19)37-18-21(34)17-33-23-24(29(2)27(36)30(3)25(23)35)28-26(33)32-14-12-31(13-15-32)20-9-5-4-6-10-20/h4-11,16,21,34H,12-15,17-18H2,1-3H3/t21-/m1/s1. The Kier molecular flexibility index (Phi) is 6.75. The Labute approximate surface area is 214 Å². The van der Waals surface area contributed by atoms with Crippen molar-refractivity contribution in [1.82, 2.24) is 18.7 Å². The van der Waals surface area contributed by atoms with Crippen LogP contribution in [0.25, 0.3) is 11.2 Å². The van der Waals surface area contributed by atoms with Gasteiger partial charge in [0.25, 0.3) is 5.56 Å². The van der Waals surface area contributed by atoms with E-state index in [0.717, 1.165) is 28.9 Å². The fourth-order valence-corrected chi connectivity index (χ4v) is 4.81. The highest BCUT2D eigenvalue weighted by molar-refractivity contribution is 5.74. The van der Waals surface area contributed by atoms with E-state index in [-0.39, 0.29) is 13.2 Å². The molecule has 1 atom stereocenters. The van der Waals surface area contributed by atoms with Gasteiger partial charge in [-0.3, -0.25) is 13.9 Å². The largest absolute Gasteiger partial charge is 0.491 e. The van der Waals surface area contributed by atoms with Crippen LogP contribution < -0.4 is 25.8 Å². The van der Waals surface area contributed by atoms with Gasteiger partial charge in [0.2, 0.25) is 5.95 Å². The molecule has 4 aromatic rings. The van der Waals surface area contributed by atoms with Crippen LogP contribution in [0.1, 0.15) is 5.56 Å². The summed E-state index contributed by atoms with van der Waals surface area (Å²) in [5.74, 6) is 1.24. The molecule has 0 bridgehead atoms. The number of ether oxygens (including phenoxy) is 1. The van der Waals surface area contributed by atoms with Gasteiger partial charge >= 0.3 is 5.69 Å². The van der Waals surface area contributed by atoms with Gasteiger partial charge in [0.15, 0.2) is 11.2 Å².